The van der Waals surface area contributed by atoms with Gasteiger partial charge in [-0.3, -0.25) is 0 Å². The van der Waals surface area contributed by atoms with Gasteiger partial charge in [-0.15, -0.1) is 0 Å². The summed E-state index contributed by atoms with van der Waals surface area (Å²) in [7, 11) is 1.84. The van der Waals surface area contributed by atoms with Crippen molar-refractivity contribution in [3.63, 3.8) is 0 Å². The van der Waals surface area contributed by atoms with Gasteiger partial charge in [0, 0.05) is 7.05 Å². The largest absolute Gasteiger partial charge is 0.476 e. The second kappa shape index (κ2) is 4.35. The summed E-state index contributed by atoms with van der Waals surface area (Å²) in [6.07, 6.45) is 1.03. The van der Waals surface area contributed by atoms with E-state index in [4.69, 9.17) is 10.5 Å². The van der Waals surface area contributed by atoms with E-state index in [1.807, 2.05) is 14.0 Å². The van der Waals surface area contributed by atoms with Crippen molar-refractivity contribution in [2.45, 2.75) is 27.2 Å². The van der Waals surface area contributed by atoms with Crippen LogP contribution in [0.5, 0.6) is 5.88 Å². The summed E-state index contributed by atoms with van der Waals surface area (Å²) >= 11 is 0. The summed E-state index contributed by atoms with van der Waals surface area (Å²) in [5, 5.41) is 4.18. The van der Waals surface area contributed by atoms with Crippen molar-refractivity contribution in [2.75, 3.05) is 12.3 Å². The average molecular weight is 197 g/mol. The van der Waals surface area contributed by atoms with Crippen molar-refractivity contribution in [3.05, 3.63) is 5.69 Å². The first-order chi connectivity index (χ1) is 6.52. The van der Waals surface area contributed by atoms with Crippen LogP contribution in [0.25, 0.3) is 0 Å². The van der Waals surface area contributed by atoms with E-state index in [0.717, 1.165) is 12.1 Å². The number of ether oxygens (including phenoxy) is 1. The van der Waals surface area contributed by atoms with Crippen molar-refractivity contribution in [1.82, 2.24) is 9.78 Å². The number of aromatic nitrogens is 2. The van der Waals surface area contributed by atoms with Gasteiger partial charge in [0.1, 0.15) is 5.69 Å². The third kappa shape index (κ3) is 2.40. The molecule has 14 heavy (non-hydrogen) atoms. The van der Waals surface area contributed by atoms with Crippen LogP contribution in [0.2, 0.25) is 0 Å². The zero-order chi connectivity index (χ0) is 10.7. The van der Waals surface area contributed by atoms with Gasteiger partial charge in [0.15, 0.2) is 0 Å². The molecule has 0 unspecified atom stereocenters. The molecule has 4 heteroatoms. The Bertz CT molecular complexity index is 305. The lowest BCUT2D eigenvalue weighted by molar-refractivity contribution is 0.268. The highest BCUT2D eigenvalue weighted by Gasteiger charge is 2.10. The predicted molar refractivity (Wildman–Crippen MR) is 57.3 cm³/mol. The van der Waals surface area contributed by atoms with E-state index in [9.17, 15) is 0 Å². The zero-order valence-corrected chi connectivity index (χ0v) is 9.37. The number of rotatable bonds is 4. The number of hydrogen-bond donors (Lipinski definition) is 1. The van der Waals surface area contributed by atoms with Crippen molar-refractivity contribution < 1.29 is 4.74 Å². The molecule has 2 N–H and O–H groups in total. The second-order valence-electron chi connectivity index (χ2n) is 3.96. The fraction of sp³-hybridized carbons (Fsp3) is 0.700. The van der Waals surface area contributed by atoms with E-state index in [-0.39, 0.29) is 0 Å². The Hall–Kier alpha value is -1.19. The predicted octanol–water partition coefficient (Wildman–Crippen LogP) is 1.74. The van der Waals surface area contributed by atoms with E-state index < -0.39 is 0 Å². The standard InChI is InChI=1S/C10H19N3O/c1-7(2)5-6-14-10-9(11)8(3)12-13(10)4/h7H,5-6,11H2,1-4H3. The van der Waals surface area contributed by atoms with Gasteiger partial charge < -0.3 is 10.5 Å². The van der Waals surface area contributed by atoms with E-state index in [2.05, 4.69) is 18.9 Å². The molecular weight excluding hydrogens is 178 g/mol. The third-order valence-corrected chi connectivity index (χ3v) is 2.15. The minimum absolute atomic E-state index is 0.644. The molecule has 1 aromatic heterocycles. The molecule has 1 rings (SSSR count). The van der Waals surface area contributed by atoms with Crippen molar-refractivity contribution in [3.8, 4) is 5.88 Å². The quantitative estimate of drug-likeness (QED) is 0.799. The fourth-order valence-corrected chi connectivity index (χ4v) is 1.22. The summed E-state index contributed by atoms with van der Waals surface area (Å²) in [5.41, 5.74) is 7.29. The molecule has 0 saturated carbocycles. The van der Waals surface area contributed by atoms with Crippen LogP contribution < -0.4 is 10.5 Å². The fourth-order valence-electron chi connectivity index (χ4n) is 1.22. The molecule has 0 amide bonds. The van der Waals surface area contributed by atoms with E-state index in [0.29, 0.717) is 24.1 Å². The van der Waals surface area contributed by atoms with Gasteiger partial charge in [-0.05, 0) is 19.3 Å². The third-order valence-electron chi connectivity index (χ3n) is 2.15. The van der Waals surface area contributed by atoms with E-state index in [1.54, 1.807) is 4.68 Å². The normalized spacial score (nSPS) is 10.9. The van der Waals surface area contributed by atoms with Gasteiger partial charge >= 0.3 is 0 Å². The SMILES string of the molecule is Cc1nn(C)c(OCCC(C)C)c1N. The summed E-state index contributed by atoms with van der Waals surface area (Å²) in [6, 6.07) is 0. The Morgan fingerprint density at radius 3 is 2.57 bits per heavy atom. The van der Waals surface area contributed by atoms with Gasteiger partial charge in [-0.25, -0.2) is 4.68 Å². The van der Waals surface area contributed by atoms with Gasteiger partial charge in [-0.2, -0.15) is 5.10 Å². The summed E-state index contributed by atoms with van der Waals surface area (Å²) in [4.78, 5) is 0. The lowest BCUT2D eigenvalue weighted by Crippen LogP contribution is -2.06. The molecule has 4 nitrogen and oxygen atoms in total. The lowest BCUT2D eigenvalue weighted by atomic mass is 10.1. The van der Waals surface area contributed by atoms with Crippen LogP contribution >= 0.6 is 0 Å². The summed E-state index contributed by atoms with van der Waals surface area (Å²) in [6.45, 7) is 6.91. The van der Waals surface area contributed by atoms with Crippen LogP contribution in [0.1, 0.15) is 26.0 Å². The zero-order valence-electron chi connectivity index (χ0n) is 9.37. The Kier molecular flexibility index (Phi) is 3.38. The van der Waals surface area contributed by atoms with E-state index in [1.165, 1.54) is 0 Å². The van der Waals surface area contributed by atoms with Gasteiger partial charge in [-0.1, -0.05) is 13.8 Å². The topological polar surface area (TPSA) is 53.1 Å². The maximum atomic E-state index is 5.81. The number of anilines is 1. The van der Waals surface area contributed by atoms with Gasteiger partial charge in [0.2, 0.25) is 5.88 Å². The maximum absolute atomic E-state index is 5.81. The molecule has 0 atom stereocenters. The molecule has 0 fully saturated rings. The average Bonchev–Trinajstić information content (AvgIpc) is 2.31. The monoisotopic (exact) mass is 197 g/mol. The smallest absolute Gasteiger partial charge is 0.235 e. The molecule has 80 valence electrons. The van der Waals surface area contributed by atoms with Gasteiger partial charge in [0.05, 0.1) is 12.3 Å². The van der Waals surface area contributed by atoms with Crippen molar-refractivity contribution >= 4 is 5.69 Å². The van der Waals surface area contributed by atoms with Crippen LogP contribution in [0.15, 0.2) is 0 Å². The van der Waals surface area contributed by atoms with Crippen LogP contribution in [-0.2, 0) is 7.05 Å². The molecule has 1 aromatic rings. The number of aryl methyl sites for hydroxylation is 2. The highest BCUT2D eigenvalue weighted by molar-refractivity contribution is 5.52. The summed E-state index contributed by atoms with van der Waals surface area (Å²) in [5.74, 6) is 1.33. The molecule has 0 radical (unpaired) electrons. The van der Waals surface area contributed by atoms with Crippen molar-refractivity contribution in [1.29, 1.82) is 0 Å². The van der Waals surface area contributed by atoms with Crippen LogP contribution in [0.4, 0.5) is 5.69 Å². The highest BCUT2D eigenvalue weighted by Crippen LogP contribution is 2.23. The number of nitrogens with zero attached hydrogens (tertiary/aromatic N) is 2. The molecule has 0 aliphatic heterocycles. The number of nitrogens with two attached hydrogens (primary N) is 1. The molecule has 0 saturated heterocycles. The number of nitrogen functional groups attached to an aromatic ring is 1. The first-order valence-corrected chi connectivity index (χ1v) is 4.94. The van der Waals surface area contributed by atoms with Crippen LogP contribution in [0, 0.1) is 12.8 Å². The maximum Gasteiger partial charge on any atom is 0.235 e. The Morgan fingerprint density at radius 1 is 1.50 bits per heavy atom. The minimum atomic E-state index is 0.644. The molecule has 0 spiro atoms. The molecule has 0 aliphatic carbocycles. The molecule has 0 bridgehead atoms. The molecule has 1 heterocycles. The second-order valence-corrected chi connectivity index (χ2v) is 3.96. The first kappa shape index (κ1) is 10.9. The first-order valence-electron chi connectivity index (χ1n) is 4.94. The van der Waals surface area contributed by atoms with Crippen LogP contribution in [-0.4, -0.2) is 16.4 Å². The molecule has 0 aromatic carbocycles. The summed E-state index contributed by atoms with van der Waals surface area (Å²) < 4.78 is 7.26. The van der Waals surface area contributed by atoms with E-state index >= 15 is 0 Å². The highest BCUT2D eigenvalue weighted by atomic mass is 16.5. The van der Waals surface area contributed by atoms with Crippen LogP contribution in [0.3, 0.4) is 0 Å². The Labute approximate surface area is 85.0 Å². The Morgan fingerprint density at radius 2 is 2.14 bits per heavy atom. The molecular formula is C10H19N3O. The molecule has 0 aliphatic rings. The van der Waals surface area contributed by atoms with Gasteiger partial charge in [0.25, 0.3) is 0 Å². The lowest BCUT2D eigenvalue weighted by Gasteiger charge is -2.08. The minimum Gasteiger partial charge on any atom is -0.476 e. The Balaban J connectivity index is 2.58. The number of hydrogen-bond acceptors (Lipinski definition) is 3. The van der Waals surface area contributed by atoms with Crippen molar-refractivity contribution in [2.24, 2.45) is 13.0 Å².